The normalized spacial score (nSPS) is 19.5. The summed E-state index contributed by atoms with van der Waals surface area (Å²) in [6, 6.07) is 0. The summed E-state index contributed by atoms with van der Waals surface area (Å²) in [7, 11) is 2.23. The van der Waals surface area contributed by atoms with Gasteiger partial charge < -0.3 is 22.0 Å². The van der Waals surface area contributed by atoms with Crippen LogP contribution < -0.4 is 12.4 Å². The average molecular weight is 208 g/mol. The van der Waals surface area contributed by atoms with E-state index in [1.165, 1.54) is 25.9 Å². The quantitative estimate of drug-likeness (QED) is 0.547. The van der Waals surface area contributed by atoms with Crippen molar-refractivity contribution in [3.8, 4) is 0 Å². The minimum absolute atomic E-state index is 0. The summed E-state index contributed by atoms with van der Waals surface area (Å²) >= 11 is 0. The van der Waals surface area contributed by atoms with E-state index in [-0.39, 0.29) is 12.4 Å². The Hall–Kier alpha value is -0.280. The van der Waals surface area contributed by atoms with Gasteiger partial charge in [-0.3, -0.25) is 4.79 Å². The number of carboxylic acid groups (broad SMARTS) is 1. The van der Waals surface area contributed by atoms with Gasteiger partial charge in [0.05, 0.1) is 33.1 Å². The third kappa shape index (κ3) is 4.48. The van der Waals surface area contributed by atoms with Gasteiger partial charge in [-0.15, -0.1) is 0 Å². The number of carbonyl (C=O) groups is 1. The first kappa shape index (κ1) is 12.7. The lowest BCUT2D eigenvalue weighted by Crippen LogP contribution is -3.00. The topological polar surface area (TPSA) is 37.3 Å². The van der Waals surface area contributed by atoms with Crippen LogP contribution in [0.15, 0.2) is 0 Å². The second-order valence-electron chi connectivity index (χ2n) is 3.99. The van der Waals surface area contributed by atoms with Crippen LogP contribution in [-0.4, -0.2) is 42.2 Å². The van der Waals surface area contributed by atoms with Gasteiger partial charge in [0.2, 0.25) is 0 Å². The van der Waals surface area contributed by atoms with Gasteiger partial charge in [0.1, 0.15) is 0 Å². The molecule has 1 aliphatic rings. The number of halogens is 1. The first-order valence-electron chi connectivity index (χ1n) is 4.68. The summed E-state index contributed by atoms with van der Waals surface area (Å²) in [5, 5.41) is 8.46. The van der Waals surface area contributed by atoms with Crippen LogP contribution >= 0.6 is 0 Å². The third-order valence-electron chi connectivity index (χ3n) is 2.73. The molecule has 4 heteroatoms. The SMILES string of the molecule is C[N+]1(CCCC(=O)O)CCCC1.[Cl-]. The van der Waals surface area contributed by atoms with Gasteiger partial charge >= 0.3 is 5.97 Å². The molecule has 0 amide bonds. The summed E-state index contributed by atoms with van der Waals surface area (Å²) < 4.78 is 1.09. The Morgan fingerprint density at radius 2 is 1.92 bits per heavy atom. The molecule has 0 aromatic heterocycles. The molecule has 0 atom stereocenters. The van der Waals surface area contributed by atoms with E-state index in [0.717, 1.165) is 17.4 Å². The molecule has 13 heavy (non-hydrogen) atoms. The highest BCUT2D eigenvalue weighted by molar-refractivity contribution is 5.66. The molecule has 1 N–H and O–H groups in total. The number of carboxylic acids is 1. The Labute approximate surface area is 85.7 Å². The molecule has 0 spiro atoms. The van der Waals surface area contributed by atoms with Gasteiger partial charge in [-0.2, -0.15) is 0 Å². The fourth-order valence-electron chi connectivity index (χ4n) is 1.93. The Kier molecular flexibility index (Phi) is 5.33. The Bertz CT molecular complexity index is 167. The van der Waals surface area contributed by atoms with Crippen LogP contribution in [0, 0.1) is 0 Å². The predicted molar refractivity (Wildman–Crippen MR) is 46.9 cm³/mol. The van der Waals surface area contributed by atoms with Crippen molar-refractivity contribution in [3.63, 3.8) is 0 Å². The van der Waals surface area contributed by atoms with E-state index >= 15 is 0 Å². The highest BCUT2D eigenvalue weighted by atomic mass is 35.5. The van der Waals surface area contributed by atoms with E-state index < -0.39 is 5.97 Å². The lowest BCUT2D eigenvalue weighted by Gasteiger charge is -2.28. The molecule has 0 aromatic carbocycles. The zero-order valence-electron chi connectivity index (χ0n) is 8.13. The minimum atomic E-state index is -0.666. The smallest absolute Gasteiger partial charge is 0.303 e. The third-order valence-corrected chi connectivity index (χ3v) is 2.73. The number of quaternary nitrogens is 1. The van der Waals surface area contributed by atoms with Gasteiger partial charge in [-0.1, -0.05) is 0 Å². The zero-order chi connectivity index (χ0) is 9.03. The van der Waals surface area contributed by atoms with Crippen LogP contribution in [0.3, 0.4) is 0 Å². The zero-order valence-corrected chi connectivity index (χ0v) is 8.89. The maximum atomic E-state index is 10.3. The Balaban J connectivity index is 0.00000144. The second-order valence-corrected chi connectivity index (χ2v) is 3.99. The van der Waals surface area contributed by atoms with Gasteiger partial charge in [0, 0.05) is 19.3 Å². The van der Waals surface area contributed by atoms with Crippen LogP contribution in [0.4, 0.5) is 0 Å². The standard InChI is InChI=1S/C9H17NO2.ClH/c1-10(6-2-3-7-10)8-4-5-9(11)12;/h2-8H2,1H3;1H. The number of likely N-dealkylation sites (tertiary alicyclic amines) is 1. The maximum Gasteiger partial charge on any atom is 0.303 e. The predicted octanol–water partition coefficient (Wildman–Crippen LogP) is -1.90. The van der Waals surface area contributed by atoms with Crippen molar-refractivity contribution in [3.05, 3.63) is 0 Å². The van der Waals surface area contributed by atoms with Gasteiger partial charge in [0.25, 0.3) is 0 Å². The van der Waals surface area contributed by atoms with Crippen molar-refractivity contribution in [2.24, 2.45) is 0 Å². The molecule has 0 unspecified atom stereocenters. The van der Waals surface area contributed by atoms with E-state index in [1.54, 1.807) is 0 Å². The van der Waals surface area contributed by atoms with Gasteiger partial charge in [-0.25, -0.2) is 0 Å². The van der Waals surface area contributed by atoms with Crippen molar-refractivity contribution in [2.45, 2.75) is 25.7 Å². The summed E-state index contributed by atoms with van der Waals surface area (Å²) in [4.78, 5) is 10.3. The molecule has 1 fully saturated rings. The molecule has 1 heterocycles. The first-order valence-corrected chi connectivity index (χ1v) is 4.68. The molecular formula is C9H18ClNO2. The summed E-state index contributed by atoms with van der Waals surface area (Å²) in [6.45, 7) is 3.51. The largest absolute Gasteiger partial charge is 1.00 e. The molecule has 0 radical (unpaired) electrons. The van der Waals surface area contributed by atoms with Crippen molar-refractivity contribution in [2.75, 3.05) is 26.7 Å². The first-order chi connectivity index (χ1) is 5.62. The van der Waals surface area contributed by atoms with Gasteiger partial charge in [0.15, 0.2) is 0 Å². The number of hydrogen-bond donors (Lipinski definition) is 1. The fourth-order valence-corrected chi connectivity index (χ4v) is 1.93. The van der Waals surface area contributed by atoms with Crippen molar-refractivity contribution in [1.29, 1.82) is 0 Å². The fraction of sp³-hybridized carbons (Fsp3) is 0.889. The van der Waals surface area contributed by atoms with Crippen molar-refractivity contribution in [1.82, 2.24) is 0 Å². The van der Waals surface area contributed by atoms with E-state index in [0.29, 0.717) is 6.42 Å². The molecule has 1 rings (SSSR count). The van der Waals surface area contributed by atoms with E-state index in [1.807, 2.05) is 0 Å². The maximum absolute atomic E-state index is 10.3. The molecule has 1 aliphatic heterocycles. The van der Waals surface area contributed by atoms with E-state index in [4.69, 9.17) is 5.11 Å². The molecule has 0 saturated carbocycles. The second kappa shape index (κ2) is 5.45. The van der Waals surface area contributed by atoms with Crippen LogP contribution in [0.2, 0.25) is 0 Å². The average Bonchev–Trinajstić information content (AvgIpc) is 2.35. The van der Waals surface area contributed by atoms with Crippen LogP contribution in [0.1, 0.15) is 25.7 Å². The summed E-state index contributed by atoms with van der Waals surface area (Å²) in [5.41, 5.74) is 0. The van der Waals surface area contributed by atoms with Crippen molar-refractivity contribution < 1.29 is 26.8 Å². The van der Waals surface area contributed by atoms with Gasteiger partial charge in [-0.05, 0) is 0 Å². The molecule has 3 nitrogen and oxygen atoms in total. The molecule has 78 valence electrons. The lowest BCUT2D eigenvalue weighted by molar-refractivity contribution is -0.897. The monoisotopic (exact) mass is 207 g/mol. The molecule has 0 aromatic rings. The Morgan fingerprint density at radius 3 is 2.38 bits per heavy atom. The highest BCUT2D eigenvalue weighted by Gasteiger charge is 2.25. The summed E-state index contributed by atoms with van der Waals surface area (Å²) in [5.74, 6) is -0.666. The van der Waals surface area contributed by atoms with Crippen LogP contribution in [0.25, 0.3) is 0 Å². The van der Waals surface area contributed by atoms with E-state index in [2.05, 4.69) is 7.05 Å². The molecular weight excluding hydrogens is 190 g/mol. The number of rotatable bonds is 4. The Morgan fingerprint density at radius 1 is 1.38 bits per heavy atom. The van der Waals surface area contributed by atoms with Crippen LogP contribution in [0.5, 0.6) is 0 Å². The van der Waals surface area contributed by atoms with E-state index in [9.17, 15) is 4.79 Å². The number of hydrogen-bond acceptors (Lipinski definition) is 1. The van der Waals surface area contributed by atoms with Crippen LogP contribution in [-0.2, 0) is 4.79 Å². The number of aliphatic carboxylic acids is 1. The summed E-state index contributed by atoms with van der Waals surface area (Å²) in [6.07, 6.45) is 3.77. The highest BCUT2D eigenvalue weighted by Crippen LogP contribution is 2.16. The molecule has 1 saturated heterocycles. The lowest BCUT2D eigenvalue weighted by atomic mass is 10.3. The molecule has 0 aliphatic carbocycles. The molecule has 0 bridgehead atoms. The number of nitrogens with zero attached hydrogens (tertiary/aromatic N) is 1. The minimum Gasteiger partial charge on any atom is -1.00 e. The van der Waals surface area contributed by atoms with Crippen molar-refractivity contribution >= 4 is 5.97 Å².